The highest BCUT2D eigenvalue weighted by atomic mass is 79.9. The number of H-pyrrole nitrogens is 1. The minimum absolute atomic E-state index is 0.278. The van der Waals surface area contributed by atoms with Gasteiger partial charge in [-0.2, -0.15) is 5.10 Å². The van der Waals surface area contributed by atoms with Crippen molar-refractivity contribution in [2.24, 2.45) is 5.10 Å². The van der Waals surface area contributed by atoms with Gasteiger partial charge < -0.3 is 9.72 Å². The zero-order valence-electron chi connectivity index (χ0n) is 11.8. The van der Waals surface area contributed by atoms with Crippen LogP contribution in [0, 0.1) is 0 Å². The molecule has 0 spiro atoms. The summed E-state index contributed by atoms with van der Waals surface area (Å²) in [5, 5.41) is 4.19. The summed E-state index contributed by atoms with van der Waals surface area (Å²) in [7, 11) is 1.62. The first-order valence-corrected chi connectivity index (χ1v) is 7.28. The molecular formula is C15H16BrN3O2. The quantitative estimate of drug-likeness (QED) is 0.642. The van der Waals surface area contributed by atoms with E-state index in [4.69, 9.17) is 4.74 Å². The Labute approximate surface area is 131 Å². The lowest BCUT2D eigenvalue weighted by Gasteiger charge is -2.06. The molecule has 1 aromatic carbocycles. The van der Waals surface area contributed by atoms with Gasteiger partial charge in [0.1, 0.15) is 11.4 Å². The fourth-order valence-corrected chi connectivity index (χ4v) is 2.15. The van der Waals surface area contributed by atoms with E-state index < -0.39 is 0 Å². The van der Waals surface area contributed by atoms with Gasteiger partial charge in [-0.25, -0.2) is 5.43 Å². The second-order valence-corrected chi connectivity index (χ2v) is 5.23. The third kappa shape index (κ3) is 3.95. The Balaban J connectivity index is 2.10. The van der Waals surface area contributed by atoms with Crippen molar-refractivity contribution in [1.82, 2.24) is 10.4 Å². The predicted octanol–water partition coefficient (Wildman–Crippen LogP) is 3.33. The molecule has 0 unspecified atom stereocenters. The SMILES string of the molecule is CC/C(=N/NC(=O)c1cc(Br)c[nH]1)c1ccc(OC)cc1. The molecular weight excluding hydrogens is 334 g/mol. The van der Waals surface area contributed by atoms with Gasteiger partial charge in [-0.3, -0.25) is 4.79 Å². The maximum Gasteiger partial charge on any atom is 0.287 e. The van der Waals surface area contributed by atoms with Gasteiger partial charge in [-0.05, 0) is 58.2 Å². The molecule has 0 bridgehead atoms. The van der Waals surface area contributed by atoms with Crippen molar-refractivity contribution in [1.29, 1.82) is 0 Å². The van der Waals surface area contributed by atoms with Crippen LogP contribution in [0.4, 0.5) is 0 Å². The number of aromatic amines is 1. The molecule has 0 atom stereocenters. The van der Waals surface area contributed by atoms with Gasteiger partial charge in [0.25, 0.3) is 5.91 Å². The van der Waals surface area contributed by atoms with E-state index in [9.17, 15) is 4.79 Å². The number of hydrazone groups is 1. The van der Waals surface area contributed by atoms with Gasteiger partial charge >= 0.3 is 0 Å². The van der Waals surface area contributed by atoms with E-state index in [0.29, 0.717) is 12.1 Å². The van der Waals surface area contributed by atoms with Crippen LogP contribution in [0.5, 0.6) is 5.75 Å². The first-order valence-electron chi connectivity index (χ1n) is 6.49. The number of nitrogens with one attached hydrogen (secondary N) is 2. The molecule has 0 fully saturated rings. The second kappa shape index (κ2) is 7.08. The highest BCUT2D eigenvalue weighted by Crippen LogP contribution is 2.13. The first-order chi connectivity index (χ1) is 10.1. The van der Waals surface area contributed by atoms with Gasteiger partial charge in [0.2, 0.25) is 0 Å². The van der Waals surface area contributed by atoms with E-state index in [1.165, 1.54) is 0 Å². The van der Waals surface area contributed by atoms with Gasteiger partial charge in [0, 0.05) is 10.7 Å². The van der Waals surface area contributed by atoms with Crippen molar-refractivity contribution in [3.05, 3.63) is 52.3 Å². The maximum atomic E-state index is 11.9. The normalized spacial score (nSPS) is 11.3. The Morgan fingerprint density at radius 1 is 1.38 bits per heavy atom. The number of hydrogen-bond acceptors (Lipinski definition) is 3. The summed E-state index contributed by atoms with van der Waals surface area (Å²) in [6.45, 7) is 1.99. The standard InChI is InChI=1S/C15H16BrN3O2/c1-3-13(10-4-6-12(21-2)7-5-10)18-19-15(20)14-8-11(16)9-17-14/h4-9,17H,3H2,1-2H3,(H,19,20)/b18-13-. The van der Waals surface area contributed by atoms with E-state index in [1.54, 1.807) is 19.4 Å². The molecule has 0 radical (unpaired) electrons. The number of carbonyl (C=O) groups excluding carboxylic acids is 1. The molecule has 1 heterocycles. The number of ether oxygens (including phenoxy) is 1. The van der Waals surface area contributed by atoms with Gasteiger partial charge in [0.15, 0.2) is 0 Å². The van der Waals surface area contributed by atoms with Crippen molar-refractivity contribution in [3.8, 4) is 5.75 Å². The summed E-state index contributed by atoms with van der Waals surface area (Å²) in [5.74, 6) is 0.509. The largest absolute Gasteiger partial charge is 0.497 e. The Kier molecular flexibility index (Phi) is 5.16. The number of benzene rings is 1. The van der Waals surface area contributed by atoms with Gasteiger partial charge in [-0.15, -0.1) is 0 Å². The summed E-state index contributed by atoms with van der Waals surface area (Å²) in [4.78, 5) is 14.8. The van der Waals surface area contributed by atoms with Crippen LogP contribution in [0.15, 0.2) is 46.1 Å². The van der Waals surface area contributed by atoms with Crippen molar-refractivity contribution >= 4 is 27.5 Å². The average Bonchev–Trinajstić information content (AvgIpc) is 2.95. The molecule has 0 saturated heterocycles. The third-order valence-corrected chi connectivity index (χ3v) is 3.40. The minimum atomic E-state index is -0.278. The monoisotopic (exact) mass is 349 g/mol. The van der Waals surface area contributed by atoms with E-state index in [1.807, 2.05) is 31.2 Å². The molecule has 0 aliphatic carbocycles. The number of hydrogen-bond donors (Lipinski definition) is 2. The van der Waals surface area contributed by atoms with E-state index in [-0.39, 0.29) is 5.91 Å². The average molecular weight is 350 g/mol. The van der Waals surface area contributed by atoms with Gasteiger partial charge in [-0.1, -0.05) is 6.92 Å². The van der Waals surface area contributed by atoms with E-state index in [0.717, 1.165) is 21.5 Å². The number of methoxy groups -OCH3 is 1. The summed E-state index contributed by atoms with van der Waals surface area (Å²) < 4.78 is 5.94. The molecule has 1 amide bonds. The van der Waals surface area contributed by atoms with Crippen LogP contribution in [0.2, 0.25) is 0 Å². The van der Waals surface area contributed by atoms with Crippen LogP contribution in [-0.2, 0) is 0 Å². The number of aromatic nitrogens is 1. The summed E-state index contributed by atoms with van der Waals surface area (Å²) in [5.41, 5.74) is 4.76. The van der Waals surface area contributed by atoms with Crippen LogP contribution >= 0.6 is 15.9 Å². The van der Waals surface area contributed by atoms with Crippen molar-refractivity contribution in [2.75, 3.05) is 7.11 Å². The van der Waals surface area contributed by atoms with Crippen LogP contribution in [-0.4, -0.2) is 23.7 Å². The lowest BCUT2D eigenvalue weighted by molar-refractivity contribution is 0.0950. The van der Waals surface area contributed by atoms with E-state index in [2.05, 4.69) is 31.4 Å². The molecule has 110 valence electrons. The maximum absolute atomic E-state index is 11.9. The van der Waals surface area contributed by atoms with Crippen molar-refractivity contribution in [2.45, 2.75) is 13.3 Å². The summed E-state index contributed by atoms with van der Waals surface area (Å²) in [6, 6.07) is 9.26. The Morgan fingerprint density at radius 2 is 2.10 bits per heavy atom. The first kappa shape index (κ1) is 15.3. The molecule has 2 rings (SSSR count). The fourth-order valence-electron chi connectivity index (χ4n) is 1.81. The molecule has 21 heavy (non-hydrogen) atoms. The molecule has 0 aliphatic heterocycles. The van der Waals surface area contributed by atoms with Crippen molar-refractivity contribution < 1.29 is 9.53 Å². The molecule has 1 aromatic heterocycles. The van der Waals surface area contributed by atoms with Crippen LogP contribution in [0.3, 0.4) is 0 Å². The minimum Gasteiger partial charge on any atom is -0.497 e. The summed E-state index contributed by atoms with van der Waals surface area (Å²) in [6.07, 6.45) is 2.41. The molecule has 0 aliphatic rings. The number of amides is 1. The smallest absolute Gasteiger partial charge is 0.287 e. The molecule has 2 aromatic rings. The Morgan fingerprint density at radius 3 is 2.62 bits per heavy atom. The number of carbonyl (C=O) groups is 1. The van der Waals surface area contributed by atoms with Crippen LogP contribution in [0.1, 0.15) is 29.4 Å². The number of rotatable bonds is 5. The highest BCUT2D eigenvalue weighted by Gasteiger charge is 2.08. The van der Waals surface area contributed by atoms with Crippen LogP contribution < -0.4 is 10.2 Å². The van der Waals surface area contributed by atoms with Crippen molar-refractivity contribution in [3.63, 3.8) is 0 Å². The Bertz CT molecular complexity index is 647. The molecule has 6 heteroatoms. The number of halogens is 1. The van der Waals surface area contributed by atoms with Crippen LogP contribution in [0.25, 0.3) is 0 Å². The highest BCUT2D eigenvalue weighted by molar-refractivity contribution is 9.10. The predicted molar refractivity (Wildman–Crippen MR) is 85.8 cm³/mol. The lowest BCUT2D eigenvalue weighted by atomic mass is 10.1. The number of nitrogens with zero attached hydrogens (tertiary/aromatic N) is 1. The topological polar surface area (TPSA) is 66.5 Å². The van der Waals surface area contributed by atoms with Gasteiger partial charge in [0.05, 0.1) is 12.8 Å². The fraction of sp³-hybridized carbons (Fsp3) is 0.200. The Hall–Kier alpha value is -2.08. The third-order valence-electron chi connectivity index (χ3n) is 2.94. The lowest BCUT2D eigenvalue weighted by Crippen LogP contribution is -2.20. The summed E-state index contributed by atoms with van der Waals surface area (Å²) >= 11 is 3.29. The molecule has 0 saturated carbocycles. The van der Waals surface area contributed by atoms with E-state index >= 15 is 0 Å². The zero-order valence-corrected chi connectivity index (χ0v) is 13.4. The molecule has 2 N–H and O–H groups in total. The zero-order chi connectivity index (χ0) is 15.2. The second-order valence-electron chi connectivity index (χ2n) is 4.31. The molecule has 5 nitrogen and oxygen atoms in total.